The van der Waals surface area contributed by atoms with Crippen LogP contribution in [0.1, 0.15) is 19.0 Å². The summed E-state index contributed by atoms with van der Waals surface area (Å²) < 4.78 is 0. The van der Waals surface area contributed by atoms with Crippen molar-refractivity contribution in [2.24, 2.45) is 0 Å². The number of hydrogen-bond donors (Lipinski definition) is 1. The predicted molar refractivity (Wildman–Crippen MR) is 73.0 cm³/mol. The average molecular weight is 224 g/mol. The Bertz CT molecular complexity index is 567. The molecule has 1 N–H and O–H groups in total. The highest BCUT2D eigenvalue weighted by atomic mass is 14.9. The Morgan fingerprint density at radius 2 is 2.18 bits per heavy atom. The molecule has 0 spiro atoms. The van der Waals surface area contributed by atoms with Gasteiger partial charge in [0.05, 0.1) is 5.52 Å². The Kier molecular flexibility index (Phi) is 3.30. The number of benzene rings is 1. The molecule has 2 aromatic rings. The van der Waals surface area contributed by atoms with Crippen molar-refractivity contribution in [2.45, 2.75) is 26.3 Å². The molecule has 2 rings (SSSR count). The van der Waals surface area contributed by atoms with Crippen LogP contribution in [0.5, 0.6) is 0 Å². The highest BCUT2D eigenvalue weighted by Crippen LogP contribution is 2.23. The van der Waals surface area contributed by atoms with E-state index in [0.717, 1.165) is 28.7 Å². The minimum atomic E-state index is 0.269. The Morgan fingerprint density at radius 3 is 2.94 bits per heavy atom. The maximum absolute atomic E-state index is 5.32. The van der Waals surface area contributed by atoms with Gasteiger partial charge in [0.25, 0.3) is 0 Å². The van der Waals surface area contributed by atoms with Crippen LogP contribution >= 0.6 is 0 Å². The van der Waals surface area contributed by atoms with E-state index in [2.05, 4.69) is 35.3 Å². The van der Waals surface area contributed by atoms with Gasteiger partial charge in [-0.15, -0.1) is 12.3 Å². The van der Waals surface area contributed by atoms with Gasteiger partial charge in [-0.05, 0) is 26.0 Å². The first-order chi connectivity index (χ1) is 8.20. The van der Waals surface area contributed by atoms with E-state index in [4.69, 9.17) is 6.42 Å². The van der Waals surface area contributed by atoms with E-state index in [9.17, 15) is 0 Å². The number of anilines is 1. The number of nitrogens with one attached hydrogen (secondary N) is 1. The molecule has 0 aliphatic rings. The number of fused-ring (bicyclic) bond motifs is 1. The lowest BCUT2D eigenvalue weighted by Gasteiger charge is -2.15. The number of nitrogens with zero attached hydrogens (tertiary/aromatic N) is 1. The summed E-state index contributed by atoms with van der Waals surface area (Å²) >= 11 is 0. The highest BCUT2D eigenvalue weighted by molar-refractivity contribution is 5.91. The second-order valence-electron chi connectivity index (χ2n) is 4.28. The monoisotopic (exact) mass is 224 g/mol. The topological polar surface area (TPSA) is 24.9 Å². The van der Waals surface area contributed by atoms with E-state index in [-0.39, 0.29) is 6.04 Å². The van der Waals surface area contributed by atoms with E-state index in [1.165, 1.54) is 0 Å². The molecule has 0 amide bonds. The first kappa shape index (κ1) is 11.5. The van der Waals surface area contributed by atoms with Crippen LogP contribution in [-0.2, 0) is 0 Å². The summed E-state index contributed by atoms with van der Waals surface area (Å²) in [4.78, 5) is 4.51. The van der Waals surface area contributed by atoms with Crippen molar-refractivity contribution in [3.8, 4) is 12.3 Å². The van der Waals surface area contributed by atoms with Crippen molar-refractivity contribution < 1.29 is 0 Å². The van der Waals surface area contributed by atoms with Gasteiger partial charge in [-0.3, -0.25) is 4.98 Å². The molecular formula is C15H16N2. The van der Waals surface area contributed by atoms with Gasteiger partial charge in [-0.2, -0.15) is 0 Å². The molecule has 1 unspecified atom stereocenters. The minimum absolute atomic E-state index is 0.269. The molecule has 0 bridgehead atoms. The molecule has 0 aliphatic heterocycles. The molecule has 0 aliphatic carbocycles. The number of hydrogen-bond acceptors (Lipinski definition) is 2. The lowest BCUT2D eigenvalue weighted by Crippen LogP contribution is -2.14. The fourth-order valence-corrected chi connectivity index (χ4v) is 1.92. The summed E-state index contributed by atoms with van der Waals surface area (Å²) in [6.07, 6.45) is 6.04. The smallest absolute Gasteiger partial charge is 0.0725 e. The number of aromatic nitrogens is 1. The number of para-hydroxylation sites is 1. The molecule has 0 radical (unpaired) electrons. The highest BCUT2D eigenvalue weighted by Gasteiger charge is 2.06. The number of pyridine rings is 1. The van der Waals surface area contributed by atoms with Crippen molar-refractivity contribution in [1.29, 1.82) is 0 Å². The fraction of sp³-hybridized carbons (Fsp3) is 0.267. The van der Waals surface area contributed by atoms with Gasteiger partial charge in [-0.1, -0.05) is 18.2 Å². The zero-order chi connectivity index (χ0) is 12.3. The molecule has 86 valence electrons. The molecule has 0 saturated heterocycles. The van der Waals surface area contributed by atoms with Crippen LogP contribution in [0.15, 0.2) is 30.3 Å². The first-order valence-corrected chi connectivity index (χ1v) is 5.77. The van der Waals surface area contributed by atoms with Crippen molar-refractivity contribution in [2.75, 3.05) is 5.32 Å². The Morgan fingerprint density at radius 1 is 1.41 bits per heavy atom. The Hall–Kier alpha value is -2.01. The SMILES string of the molecule is C#CCC(C)Nc1cc(C)nc2ccccc12. The van der Waals surface area contributed by atoms with Gasteiger partial charge in [0.2, 0.25) is 0 Å². The third-order valence-corrected chi connectivity index (χ3v) is 2.67. The summed E-state index contributed by atoms with van der Waals surface area (Å²) in [5.41, 5.74) is 3.14. The molecule has 1 aromatic carbocycles. The third-order valence-electron chi connectivity index (χ3n) is 2.67. The largest absolute Gasteiger partial charge is 0.381 e. The first-order valence-electron chi connectivity index (χ1n) is 5.77. The van der Waals surface area contributed by atoms with Crippen molar-refractivity contribution in [3.05, 3.63) is 36.0 Å². The molecule has 1 atom stereocenters. The predicted octanol–water partition coefficient (Wildman–Crippen LogP) is 3.37. The summed E-state index contributed by atoms with van der Waals surface area (Å²) in [6.45, 7) is 4.09. The third kappa shape index (κ3) is 2.57. The van der Waals surface area contributed by atoms with Crippen LogP contribution in [-0.4, -0.2) is 11.0 Å². The van der Waals surface area contributed by atoms with E-state index >= 15 is 0 Å². The second-order valence-corrected chi connectivity index (χ2v) is 4.28. The molecule has 0 fully saturated rings. The molecule has 1 heterocycles. The maximum atomic E-state index is 5.32. The number of aryl methyl sites for hydroxylation is 1. The van der Waals surface area contributed by atoms with E-state index < -0.39 is 0 Å². The zero-order valence-electron chi connectivity index (χ0n) is 10.2. The van der Waals surface area contributed by atoms with Gasteiger partial charge in [0.15, 0.2) is 0 Å². The molecule has 17 heavy (non-hydrogen) atoms. The van der Waals surface area contributed by atoms with Crippen LogP contribution in [0.3, 0.4) is 0 Å². The lowest BCUT2D eigenvalue weighted by atomic mass is 10.1. The van der Waals surface area contributed by atoms with Crippen LogP contribution < -0.4 is 5.32 Å². The number of rotatable bonds is 3. The second kappa shape index (κ2) is 4.88. The quantitative estimate of drug-likeness (QED) is 0.808. The summed E-state index contributed by atoms with van der Waals surface area (Å²) in [5.74, 6) is 2.67. The van der Waals surface area contributed by atoms with Gasteiger partial charge in [0, 0.05) is 29.2 Å². The van der Waals surface area contributed by atoms with Crippen molar-refractivity contribution in [1.82, 2.24) is 4.98 Å². The van der Waals surface area contributed by atoms with Crippen LogP contribution in [0.2, 0.25) is 0 Å². The summed E-state index contributed by atoms with van der Waals surface area (Å²) in [7, 11) is 0. The van der Waals surface area contributed by atoms with Gasteiger partial charge in [-0.25, -0.2) is 0 Å². The van der Waals surface area contributed by atoms with Crippen molar-refractivity contribution >= 4 is 16.6 Å². The van der Waals surface area contributed by atoms with Gasteiger partial charge < -0.3 is 5.32 Å². The van der Waals surface area contributed by atoms with E-state index in [0.29, 0.717) is 0 Å². The normalized spacial score (nSPS) is 12.1. The molecule has 0 saturated carbocycles. The molecular weight excluding hydrogens is 208 g/mol. The standard InChI is InChI=1S/C15H16N2/c1-4-7-11(2)16-15-10-12(3)17-14-9-6-5-8-13(14)15/h1,5-6,8-11H,7H2,2-3H3,(H,16,17). The van der Waals surface area contributed by atoms with Crippen LogP contribution in [0.25, 0.3) is 10.9 Å². The molecule has 1 aromatic heterocycles. The summed E-state index contributed by atoms with van der Waals surface area (Å²) in [5, 5.41) is 4.58. The van der Waals surface area contributed by atoms with Crippen LogP contribution in [0, 0.1) is 19.3 Å². The Balaban J connectivity index is 2.42. The summed E-state index contributed by atoms with van der Waals surface area (Å²) in [6, 6.07) is 10.5. The zero-order valence-corrected chi connectivity index (χ0v) is 10.2. The molecule has 2 nitrogen and oxygen atoms in total. The average Bonchev–Trinajstić information content (AvgIpc) is 2.29. The fourth-order valence-electron chi connectivity index (χ4n) is 1.92. The van der Waals surface area contributed by atoms with E-state index in [1.807, 2.05) is 25.1 Å². The maximum Gasteiger partial charge on any atom is 0.0725 e. The molecule has 2 heteroatoms. The van der Waals surface area contributed by atoms with Crippen molar-refractivity contribution in [3.63, 3.8) is 0 Å². The van der Waals surface area contributed by atoms with E-state index in [1.54, 1.807) is 0 Å². The Labute approximate surface area is 102 Å². The number of terminal acetylenes is 1. The lowest BCUT2D eigenvalue weighted by molar-refractivity contribution is 0.830. The van der Waals surface area contributed by atoms with Gasteiger partial charge in [0.1, 0.15) is 0 Å². The van der Waals surface area contributed by atoms with Crippen LogP contribution in [0.4, 0.5) is 5.69 Å². The minimum Gasteiger partial charge on any atom is -0.381 e. The van der Waals surface area contributed by atoms with Gasteiger partial charge >= 0.3 is 0 Å².